The van der Waals surface area contributed by atoms with E-state index in [9.17, 15) is 4.79 Å². The Labute approximate surface area is 137 Å². The van der Waals surface area contributed by atoms with Crippen LogP contribution in [0.3, 0.4) is 0 Å². The zero-order valence-electron chi connectivity index (χ0n) is 12.3. The van der Waals surface area contributed by atoms with Gasteiger partial charge in [-0.3, -0.25) is 4.79 Å². The quantitative estimate of drug-likeness (QED) is 0.746. The molecule has 0 saturated heterocycles. The summed E-state index contributed by atoms with van der Waals surface area (Å²) in [7, 11) is -0.344. The lowest BCUT2D eigenvalue weighted by Crippen LogP contribution is -2.16. The number of rotatable bonds is 4. The van der Waals surface area contributed by atoms with Crippen molar-refractivity contribution in [3.8, 4) is 0 Å². The minimum atomic E-state index is -0.802. The van der Waals surface area contributed by atoms with Crippen LogP contribution in [0.2, 0.25) is 0 Å². The summed E-state index contributed by atoms with van der Waals surface area (Å²) in [6.45, 7) is 0.354. The summed E-state index contributed by atoms with van der Waals surface area (Å²) < 4.78 is 0. The summed E-state index contributed by atoms with van der Waals surface area (Å²) >= 11 is 1.78. The van der Waals surface area contributed by atoms with Gasteiger partial charge in [-0.25, -0.2) is 10.9 Å². The third kappa shape index (κ3) is 2.89. The third-order valence-electron chi connectivity index (χ3n) is 3.97. The maximum absolute atomic E-state index is 11.0. The summed E-state index contributed by atoms with van der Waals surface area (Å²) in [5.74, 6) is -0.924. The molecular weight excluding hydrogens is 314 g/mol. The second kappa shape index (κ2) is 6.36. The number of nitrogens with two attached hydrogens (primary N) is 1. The van der Waals surface area contributed by atoms with Gasteiger partial charge in [-0.2, -0.15) is 0 Å². The molecule has 2 aromatic carbocycles. The van der Waals surface area contributed by atoms with E-state index in [1.165, 1.54) is 19.6 Å². The normalized spacial score (nSPS) is 19.1. The molecule has 1 heterocycles. The van der Waals surface area contributed by atoms with Gasteiger partial charge in [0.05, 0.1) is 6.42 Å². The van der Waals surface area contributed by atoms with Crippen LogP contribution in [0.1, 0.15) is 17.9 Å². The van der Waals surface area contributed by atoms with Crippen LogP contribution in [0.5, 0.6) is 0 Å². The molecule has 2 unspecified atom stereocenters. The summed E-state index contributed by atoms with van der Waals surface area (Å²) in [6, 6.07) is 14.9. The Morgan fingerprint density at radius 1 is 1.23 bits per heavy atom. The monoisotopic (exact) mass is 333 g/mol. The number of carboxylic acid groups (broad SMARTS) is 1. The Hall–Kier alpha value is -1.43. The predicted octanol–water partition coefficient (Wildman–Crippen LogP) is 3.72. The van der Waals surface area contributed by atoms with E-state index >= 15 is 0 Å². The Morgan fingerprint density at radius 3 is 2.68 bits per heavy atom. The Bertz CT molecular complexity index is 718. The average molecular weight is 333 g/mol. The fraction of sp³-hybridized carbons (Fsp3) is 0.235. The summed E-state index contributed by atoms with van der Waals surface area (Å²) in [6.07, 6.45) is 2.36. The van der Waals surface area contributed by atoms with Crippen LogP contribution >= 0.6 is 22.7 Å². The van der Waals surface area contributed by atoms with E-state index < -0.39 is 5.97 Å². The number of fused-ring (bicyclic) bond motifs is 2. The van der Waals surface area contributed by atoms with Crippen molar-refractivity contribution in [2.45, 2.75) is 31.9 Å². The maximum atomic E-state index is 11.0. The Kier molecular flexibility index (Phi) is 4.47. The zero-order chi connectivity index (χ0) is 15.7. The number of hydrogen-bond donors (Lipinski definition) is 3. The van der Waals surface area contributed by atoms with Crippen LogP contribution in [-0.2, 0) is 4.79 Å². The highest BCUT2D eigenvalue weighted by Gasteiger charge is 2.22. The second-order valence-corrected chi connectivity index (χ2v) is 8.55. The fourth-order valence-electron chi connectivity index (χ4n) is 2.76. The second-order valence-electron chi connectivity index (χ2n) is 5.39. The molecule has 2 aromatic rings. The zero-order valence-corrected chi connectivity index (χ0v) is 14.0. The molecule has 3 nitrogen and oxygen atoms in total. The maximum Gasteiger partial charge on any atom is 0.304 e. The number of benzene rings is 2. The number of thiol groups is 1. The predicted molar refractivity (Wildman–Crippen MR) is 92.5 cm³/mol. The van der Waals surface area contributed by atoms with Gasteiger partial charge in [0.1, 0.15) is 0 Å². The van der Waals surface area contributed by atoms with E-state index in [0.29, 0.717) is 6.54 Å². The van der Waals surface area contributed by atoms with Crippen molar-refractivity contribution in [2.75, 3.05) is 12.8 Å². The molecule has 2 atom stereocenters. The standard InChI is InChI=1S/C17H19NO2S2/c1-22-15-5-3-2-4-13(15)21-14-8-11(6-7-16(14)22)12(10-18)9-17(19)20/h2-8,12,22H,9-10,18H2,1H3,(H,19,20). The molecule has 0 bridgehead atoms. The van der Waals surface area contributed by atoms with Gasteiger partial charge in [-0.15, -0.1) is 0 Å². The molecule has 3 N–H and O–H groups in total. The molecule has 0 aromatic heterocycles. The molecule has 1 aliphatic heterocycles. The molecule has 0 aliphatic carbocycles. The topological polar surface area (TPSA) is 63.3 Å². The Balaban J connectivity index is 1.97. The van der Waals surface area contributed by atoms with Crippen LogP contribution in [-0.4, -0.2) is 23.9 Å². The van der Waals surface area contributed by atoms with E-state index in [1.54, 1.807) is 11.8 Å². The summed E-state index contributed by atoms with van der Waals surface area (Å²) in [4.78, 5) is 16.3. The minimum Gasteiger partial charge on any atom is -0.481 e. The first-order chi connectivity index (χ1) is 10.6. The first-order valence-electron chi connectivity index (χ1n) is 7.16. The fourth-order valence-corrected chi connectivity index (χ4v) is 6.45. The SMILES string of the molecule is C[SH]1c2ccccc2Sc2cc(C(CN)CC(=O)O)ccc21. The minimum absolute atomic E-state index is 0.0808. The third-order valence-corrected chi connectivity index (χ3v) is 7.63. The molecule has 22 heavy (non-hydrogen) atoms. The molecule has 1 aliphatic rings. The molecule has 0 saturated carbocycles. The van der Waals surface area contributed by atoms with Crippen LogP contribution < -0.4 is 5.73 Å². The molecule has 0 radical (unpaired) electrons. The van der Waals surface area contributed by atoms with Crippen molar-refractivity contribution in [3.05, 3.63) is 48.0 Å². The average Bonchev–Trinajstić information content (AvgIpc) is 2.52. The van der Waals surface area contributed by atoms with Gasteiger partial charge in [0.25, 0.3) is 0 Å². The van der Waals surface area contributed by atoms with Crippen LogP contribution in [0.4, 0.5) is 0 Å². The Morgan fingerprint density at radius 2 is 1.95 bits per heavy atom. The van der Waals surface area contributed by atoms with Gasteiger partial charge in [-0.05, 0) is 42.6 Å². The molecular formula is C17H19NO2S2. The number of carboxylic acids is 1. The first-order valence-corrected chi connectivity index (χ1v) is 9.77. The largest absolute Gasteiger partial charge is 0.481 e. The highest BCUT2D eigenvalue weighted by molar-refractivity contribution is 8.18. The van der Waals surface area contributed by atoms with E-state index in [0.717, 1.165) is 5.56 Å². The van der Waals surface area contributed by atoms with Crippen LogP contribution in [0.25, 0.3) is 0 Å². The van der Waals surface area contributed by atoms with Crippen molar-refractivity contribution in [2.24, 2.45) is 5.73 Å². The van der Waals surface area contributed by atoms with Crippen LogP contribution in [0, 0.1) is 0 Å². The van der Waals surface area contributed by atoms with E-state index in [1.807, 2.05) is 6.07 Å². The lowest BCUT2D eigenvalue weighted by molar-refractivity contribution is -0.137. The molecule has 3 rings (SSSR count). The molecule has 116 valence electrons. The van der Waals surface area contributed by atoms with E-state index in [-0.39, 0.29) is 23.2 Å². The number of hydrogen-bond acceptors (Lipinski definition) is 3. The number of aliphatic carboxylic acids is 1. The molecule has 0 fully saturated rings. The highest BCUT2D eigenvalue weighted by atomic mass is 32.2. The van der Waals surface area contributed by atoms with Gasteiger partial charge in [0.15, 0.2) is 0 Å². The van der Waals surface area contributed by atoms with Crippen LogP contribution in [0.15, 0.2) is 62.0 Å². The first kappa shape index (κ1) is 15.5. The molecule has 5 heteroatoms. The summed E-state index contributed by atoms with van der Waals surface area (Å²) in [5.41, 5.74) is 6.79. The van der Waals surface area contributed by atoms with Crippen molar-refractivity contribution >= 4 is 28.6 Å². The van der Waals surface area contributed by atoms with Gasteiger partial charge >= 0.3 is 5.97 Å². The smallest absolute Gasteiger partial charge is 0.304 e. The molecule has 0 spiro atoms. The van der Waals surface area contributed by atoms with Gasteiger partial charge < -0.3 is 10.8 Å². The van der Waals surface area contributed by atoms with Gasteiger partial charge in [0.2, 0.25) is 0 Å². The summed E-state index contributed by atoms with van der Waals surface area (Å²) in [5, 5.41) is 9.03. The van der Waals surface area contributed by atoms with Gasteiger partial charge in [0, 0.05) is 25.5 Å². The van der Waals surface area contributed by atoms with Crippen molar-refractivity contribution < 1.29 is 9.90 Å². The van der Waals surface area contributed by atoms with E-state index in [2.05, 4.69) is 42.7 Å². The molecule has 0 amide bonds. The lowest BCUT2D eigenvalue weighted by atomic mass is 9.96. The highest BCUT2D eigenvalue weighted by Crippen LogP contribution is 2.55. The van der Waals surface area contributed by atoms with Crippen molar-refractivity contribution in [1.82, 2.24) is 0 Å². The lowest BCUT2D eigenvalue weighted by Gasteiger charge is -2.29. The van der Waals surface area contributed by atoms with Crippen molar-refractivity contribution in [3.63, 3.8) is 0 Å². The van der Waals surface area contributed by atoms with Gasteiger partial charge in [-0.1, -0.05) is 30.0 Å². The van der Waals surface area contributed by atoms with E-state index in [4.69, 9.17) is 10.8 Å². The number of carbonyl (C=O) groups is 1. The van der Waals surface area contributed by atoms with Crippen molar-refractivity contribution in [1.29, 1.82) is 0 Å².